The molecule has 0 heterocycles. The third kappa shape index (κ3) is 9.42. The van der Waals surface area contributed by atoms with Crippen molar-refractivity contribution >= 4 is 0 Å². The van der Waals surface area contributed by atoms with Crippen LogP contribution in [0.25, 0.3) is 0 Å². The van der Waals surface area contributed by atoms with Gasteiger partial charge in [0.15, 0.2) is 11.6 Å². The molecule has 0 amide bonds. The van der Waals surface area contributed by atoms with E-state index in [2.05, 4.69) is 23.8 Å². The number of benzene rings is 1. The summed E-state index contributed by atoms with van der Waals surface area (Å²) in [6, 6.07) is 1.94. The first-order valence-electron chi connectivity index (χ1n) is 13.6. The van der Waals surface area contributed by atoms with E-state index in [0.29, 0.717) is 17.9 Å². The first-order chi connectivity index (χ1) is 16.7. The van der Waals surface area contributed by atoms with Gasteiger partial charge in [0, 0.05) is 0 Å². The summed E-state index contributed by atoms with van der Waals surface area (Å²) in [4.78, 5) is 0. The monoisotopic (exact) mass is 500 g/mol. The highest BCUT2D eigenvalue weighted by Crippen LogP contribution is 2.43. The van der Waals surface area contributed by atoms with Crippen LogP contribution >= 0.6 is 0 Å². The Balaban J connectivity index is 1.34. The zero-order valence-electron chi connectivity index (χ0n) is 21.0. The number of halogens is 5. The topological polar surface area (TPSA) is 9.23 Å². The summed E-state index contributed by atoms with van der Waals surface area (Å²) in [5.74, 6) is -0.896. The highest BCUT2D eigenvalue weighted by molar-refractivity contribution is 5.31. The summed E-state index contributed by atoms with van der Waals surface area (Å²) >= 11 is 0. The lowest BCUT2D eigenvalue weighted by molar-refractivity contribution is -0.276. The molecule has 0 spiro atoms. The maximum Gasteiger partial charge on any atom is 0.573 e. The van der Waals surface area contributed by atoms with Crippen LogP contribution in [0.2, 0.25) is 0 Å². The van der Waals surface area contributed by atoms with Gasteiger partial charge in [-0.25, -0.2) is 8.78 Å². The fourth-order valence-electron chi connectivity index (χ4n) is 6.22. The van der Waals surface area contributed by atoms with Gasteiger partial charge in [-0.1, -0.05) is 57.6 Å². The molecule has 0 radical (unpaired) electrons. The molecule has 2 fully saturated rings. The fourth-order valence-corrected chi connectivity index (χ4v) is 6.22. The minimum Gasteiger partial charge on any atom is -0.399 e. The van der Waals surface area contributed by atoms with Gasteiger partial charge in [-0.2, -0.15) is 0 Å². The molecule has 3 rings (SSSR count). The molecule has 2 aliphatic carbocycles. The normalized spacial score (nSPS) is 25.8. The third-order valence-corrected chi connectivity index (χ3v) is 8.20. The van der Waals surface area contributed by atoms with E-state index in [1.807, 2.05) is 0 Å². The lowest BCUT2D eigenvalue weighted by Crippen LogP contribution is -2.26. The van der Waals surface area contributed by atoms with E-state index in [-0.39, 0.29) is 0 Å². The predicted octanol–water partition coefficient (Wildman–Crippen LogP) is 9.94. The average molecular weight is 501 g/mol. The summed E-state index contributed by atoms with van der Waals surface area (Å²) in [7, 11) is 0. The van der Waals surface area contributed by atoms with E-state index < -0.39 is 23.7 Å². The van der Waals surface area contributed by atoms with Crippen LogP contribution in [0.1, 0.15) is 102 Å². The predicted molar refractivity (Wildman–Crippen MR) is 130 cm³/mol. The van der Waals surface area contributed by atoms with Crippen molar-refractivity contribution in [2.75, 3.05) is 0 Å². The van der Waals surface area contributed by atoms with Crippen LogP contribution in [0.5, 0.6) is 5.75 Å². The number of rotatable bonds is 11. The van der Waals surface area contributed by atoms with Gasteiger partial charge in [0.1, 0.15) is 0 Å². The van der Waals surface area contributed by atoms with Crippen molar-refractivity contribution in [2.24, 2.45) is 23.7 Å². The Kier molecular flexibility index (Phi) is 10.9. The molecular formula is C29H41F5O. The molecule has 0 N–H and O–H groups in total. The van der Waals surface area contributed by atoms with Gasteiger partial charge in [0.25, 0.3) is 0 Å². The number of hydrogen-bond acceptors (Lipinski definition) is 1. The standard InChI is InChI=1S/C29H41F5O/c1-2-3-4-5-6-7-8-21-11-15-24(16-12-21)25-17-13-22(14-18-25)9-10-23-19-26(30)28(27(31)20-23)35-29(32,33)34/h3-4,19-22,24-25H,2,5-18H2,1H3/b4-3+/t21-,22-,24-,25-. The number of hydrogen-bond donors (Lipinski definition) is 0. The zero-order chi connectivity index (χ0) is 25.3. The Labute approximate surface area is 207 Å². The van der Waals surface area contributed by atoms with Crippen LogP contribution in [0.3, 0.4) is 0 Å². The van der Waals surface area contributed by atoms with Gasteiger partial charge >= 0.3 is 6.36 Å². The molecule has 198 valence electrons. The van der Waals surface area contributed by atoms with Crippen molar-refractivity contribution in [3.8, 4) is 5.75 Å². The van der Waals surface area contributed by atoms with Gasteiger partial charge in [-0.05, 0) is 99.2 Å². The second kappa shape index (κ2) is 13.6. The van der Waals surface area contributed by atoms with Crippen molar-refractivity contribution < 1.29 is 26.7 Å². The van der Waals surface area contributed by atoms with Crippen molar-refractivity contribution in [3.05, 3.63) is 41.5 Å². The molecule has 0 saturated heterocycles. The summed E-state index contributed by atoms with van der Waals surface area (Å²) in [6.45, 7) is 2.18. The Morgan fingerprint density at radius 2 is 1.34 bits per heavy atom. The van der Waals surface area contributed by atoms with Crippen LogP contribution in [0.4, 0.5) is 22.0 Å². The van der Waals surface area contributed by atoms with Gasteiger partial charge in [-0.3, -0.25) is 0 Å². The first kappa shape index (κ1) is 28.0. The van der Waals surface area contributed by atoms with Crippen molar-refractivity contribution in [1.29, 1.82) is 0 Å². The Bertz CT molecular complexity index is 764. The largest absolute Gasteiger partial charge is 0.573 e. The minimum atomic E-state index is -5.12. The van der Waals surface area contributed by atoms with Gasteiger partial charge in [0.2, 0.25) is 5.75 Å². The second-order valence-corrected chi connectivity index (χ2v) is 10.7. The van der Waals surface area contributed by atoms with Crippen molar-refractivity contribution in [3.63, 3.8) is 0 Å². The highest BCUT2D eigenvalue weighted by Gasteiger charge is 2.34. The molecule has 2 aliphatic rings. The van der Waals surface area contributed by atoms with Crippen LogP contribution in [0.15, 0.2) is 24.3 Å². The SMILES string of the molecule is CC/C=C/CCCC[C@H]1CC[C@H]([C@H]2CC[C@H](CCc3cc(F)c(OC(F)(F)F)c(F)c3)CC2)CC1. The third-order valence-electron chi connectivity index (χ3n) is 8.20. The lowest BCUT2D eigenvalue weighted by atomic mass is 9.68. The lowest BCUT2D eigenvalue weighted by Gasteiger charge is -2.38. The molecule has 0 aliphatic heterocycles. The van der Waals surface area contributed by atoms with Gasteiger partial charge < -0.3 is 4.74 Å². The summed E-state index contributed by atoms with van der Waals surface area (Å²) in [6.07, 6.45) is 17.3. The van der Waals surface area contributed by atoms with Gasteiger partial charge in [0.05, 0.1) is 0 Å². The summed E-state index contributed by atoms with van der Waals surface area (Å²) in [5.41, 5.74) is 0.386. The average Bonchev–Trinajstić information content (AvgIpc) is 2.82. The van der Waals surface area contributed by atoms with E-state index in [1.54, 1.807) is 0 Å². The maximum atomic E-state index is 14.0. The molecule has 0 atom stereocenters. The Hall–Kier alpha value is -1.59. The summed E-state index contributed by atoms with van der Waals surface area (Å²) < 4.78 is 68.3. The number of alkyl halides is 3. The first-order valence-corrected chi connectivity index (χ1v) is 13.6. The molecule has 0 unspecified atom stereocenters. The van der Waals surface area contributed by atoms with Crippen LogP contribution < -0.4 is 4.74 Å². The molecule has 1 aromatic carbocycles. The number of ether oxygens (including phenoxy) is 1. The quantitative estimate of drug-likeness (QED) is 0.167. The number of allylic oxidation sites excluding steroid dienone is 2. The molecule has 1 nitrogen and oxygen atoms in total. The Morgan fingerprint density at radius 3 is 1.86 bits per heavy atom. The molecule has 0 bridgehead atoms. The van der Waals surface area contributed by atoms with Crippen molar-refractivity contribution in [1.82, 2.24) is 0 Å². The van der Waals surface area contributed by atoms with Crippen molar-refractivity contribution in [2.45, 2.75) is 110 Å². The van der Waals surface area contributed by atoms with E-state index in [4.69, 9.17) is 0 Å². The van der Waals surface area contributed by atoms with Crippen LogP contribution in [-0.4, -0.2) is 6.36 Å². The molecule has 35 heavy (non-hydrogen) atoms. The fraction of sp³-hybridized carbons (Fsp3) is 0.724. The smallest absolute Gasteiger partial charge is 0.399 e. The highest BCUT2D eigenvalue weighted by atomic mass is 19.4. The Morgan fingerprint density at radius 1 is 0.800 bits per heavy atom. The second-order valence-electron chi connectivity index (χ2n) is 10.7. The zero-order valence-corrected chi connectivity index (χ0v) is 21.0. The van der Waals surface area contributed by atoms with E-state index in [0.717, 1.165) is 55.6 Å². The van der Waals surface area contributed by atoms with Crippen LogP contribution in [-0.2, 0) is 6.42 Å². The number of aryl methyl sites for hydroxylation is 1. The molecular weight excluding hydrogens is 459 g/mol. The molecule has 1 aromatic rings. The van der Waals surface area contributed by atoms with Gasteiger partial charge in [-0.15, -0.1) is 13.2 Å². The van der Waals surface area contributed by atoms with E-state index in [1.165, 1.54) is 64.2 Å². The minimum absolute atomic E-state index is 0.386. The number of unbranched alkanes of at least 4 members (excludes halogenated alkanes) is 2. The molecule has 2 saturated carbocycles. The molecule has 0 aromatic heterocycles. The maximum absolute atomic E-state index is 14.0. The van der Waals surface area contributed by atoms with E-state index in [9.17, 15) is 22.0 Å². The molecule has 6 heteroatoms. The summed E-state index contributed by atoms with van der Waals surface area (Å²) in [5, 5.41) is 0. The van der Waals surface area contributed by atoms with Crippen LogP contribution in [0, 0.1) is 35.3 Å². The van der Waals surface area contributed by atoms with E-state index >= 15 is 0 Å².